The van der Waals surface area contributed by atoms with Crippen LogP contribution in [0, 0.1) is 0 Å². The highest BCUT2D eigenvalue weighted by molar-refractivity contribution is 5.58. The number of nitrogens with zero attached hydrogens (tertiary/aromatic N) is 6. The molecule has 1 unspecified atom stereocenters. The Morgan fingerprint density at radius 1 is 1.28 bits per heavy atom. The van der Waals surface area contributed by atoms with Crippen LogP contribution < -0.4 is 0 Å². The number of fused-ring (bicyclic) bond motifs is 1. The molecule has 0 amide bonds. The molecule has 0 saturated heterocycles. The molecule has 3 rings (SSSR count). The molecule has 0 bridgehead atoms. The van der Waals surface area contributed by atoms with Gasteiger partial charge in [-0.2, -0.15) is 14.7 Å². The molecule has 0 aliphatic carbocycles. The number of aliphatic hydroxyl groups excluding tert-OH is 1. The summed E-state index contributed by atoms with van der Waals surface area (Å²) in [5, 5.41) is 26.0. The highest BCUT2D eigenvalue weighted by Gasteiger charge is 2.13. The maximum atomic E-state index is 9.60. The lowest BCUT2D eigenvalue weighted by Gasteiger charge is -2.02. The van der Waals surface area contributed by atoms with Crippen molar-refractivity contribution in [2.24, 2.45) is 7.05 Å². The molecule has 92 valence electrons. The molecule has 0 aliphatic rings. The summed E-state index contributed by atoms with van der Waals surface area (Å²) < 4.78 is 3.26. The number of hydrogen-bond acceptors (Lipinski definition) is 5. The van der Waals surface area contributed by atoms with Crippen molar-refractivity contribution in [2.45, 2.75) is 13.0 Å². The van der Waals surface area contributed by atoms with Gasteiger partial charge in [0.2, 0.25) is 0 Å². The van der Waals surface area contributed by atoms with E-state index in [1.807, 2.05) is 25.4 Å². The normalized spacial score (nSPS) is 13.1. The summed E-state index contributed by atoms with van der Waals surface area (Å²) in [7, 11) is 1.85. The van der Waals surface area contributed by atoms with Crippen molar-refractivity contribution >= 4 is 5.65 Å². The molecule has 3 aromatic rings. The van der Waals surface area contributed by atoms with Crippen LogP contribution >= 0.6 is 0 Å². The second-order valence-electron chi connectivity index (χ2n) is 4.13. The van der Waals surface area contributed by atoms with Gasteiger partial charge < -0.3 is 5.11 Å². The summed E-state index contributed by atoms with van der Waals surface area (Å²) >= 11 is 0. The summed E-state index contributed by atoms with van der Waals surface area (Å²) in [6.07, 6.45) is 2.90. The third kappa shape index (κ3) is 1.65. The third-order valence-electron chi connectivity index (χ3n) is 2.66. The quantitative estimate of drug-likeness (QED) is 0.713. The van der Waals surface area contributed by atoms with Crippen molar-refractivity contribution in [1.82, 2.24) is 29.6 Å². The molecule has 0 saturated carbocycles. The molecular formula is C11H12N6O. The molecule has 18 heavy (non-hydrogen) atoms. The summed E-state index contributed by atoms with van der Waals surface area (Å²) in [5.74, 6) is 0.427. The third-order valence-corrected chi connectivity index (χ3v) is 2.66. The van der Waals surface area contributed by atoms with E-state index in [-0.39, 0.29) is 0 Å². The van der Waals surface area contributed by atoms with Crippen molar-refractivity contribution < 1.29 is 5.11 Å². The van der Waals surface area contributed by atoms with Crippen molar-refractivity contribution in [1.29, 1.82) is 0 Å². The van der Waals surface area contributed by atoms with Crippen LogP contribution in [0.15, 0.2) is 24.5 Å². The molecule has 0 spiro atoms. The smallest absolute Gasteiger partial charge is 0.183 e. The van der Waals surface area contributed by atoms with Crippen LogP contribution in [-0.4, -0.2) is 34.7 Å². The molecule has 0 fully saturated rings. The van der Waals surface area contributed by atoms with E-state index in [0.717, 1.165) is 11.3 Å². The lowest BCUT2D eigenvalue weighted by atomic mass is 10.2. The molecule has 3 heterocycles. The standard InChI is InChI=1S/C11H12N6O/c1-7(18)11-14-13-10-4-3-9(15-17(10)11)8-5-12-16(2)6-8/h3-7,18H,1-2H3. The molecule has 7 heteroatoms. The van der Waals surface area contributed by atoms with E-state index < -0.39 is 6.10 Å². The first-order valence-electron chi connectivity index (χ1n) is 5.54. The molecule has 1 N–H and O–H groups in total. The first kappa shape index (κ1) is 10.8. The SMILES string of the molecule is CC(O)c1nnc2ccc(-c3cnn(C)c3)nn12. The van der Waals surface area contributed by atoms with Crippen LogP contribution in [0.2, 0.25) is 0 Å². The number of aryl methyl sites for hydroxylation is 1. The second-order valence-corrected chi connectivity index (χ2v) is 4.13. The van der Waals surface area contributed by atoms with E-state index in [1.165, 1.54) is 0 Å². The first-order valence-corrected chi connectivity index (χ1v) is 5.54. The number of aliphatic hydroxyl groups is 1. The predicted octanol–water partition coefficient (Wildman–Crippen LogP) is 0.578. The number of hydrogen-bond donors (Lipinski definition) is 1. The van der Waals surface area contributed by atoms with Crippen molar-refractivity contribution in [3.05, 3.63) is 30.4 Å². The first-order chi connectivity index (χ1) is 8.65. The zero-order valence-corrected chi connectivity index (χ0v) is 10.0. The lowest BCUT2D eigenvalue weighted by Crippen LogP contribution is -2.03. The van der Waals surface area contributed by atoms with Gasteiger partial charge in [-0.1, -0.05) is 0 Å². The van der Waals surface area contributed by atoms with E-state index >= 15 is 0 Å². The summed E-state index contributed by atoms with van der Waals surface area (Å²) in [5.41, 5.74) is 2.28. The predicted molar refractivity (Wildman–Crippen MR) is 63.6 cm³/mol. The van der Waals surface area contributed by atoms with E-state index in [1.54, 1.807) is 22.3 Å². The van der Waals surface area contributed by atoms with Crippen molar-refractivity contribution in [2.75, 3.05) is 0 Å². The lowest BCUT2D eigenvalue weighted by molar-refractivity contribution is 0.186. The Balaban J connectivity index is 2.17. The number of aromatic nitrogens is 6. The van der Waals surface area contributed by atoms with Gasteiger partial charge in [-0.25, -0.2) is 0 Å². The molecule has 7 nitrogen and oxygen atoms in total. The monoisotopic (exact) mass is 244 g/mol. The van der Waals surface area contributed by atoms with Crippen LogP contribution in [0.3, 0.4) is 0 Å². The largest absolute Gasteiger partial charge is 0.385 e. The fourth-order valence-electron chi connectivity index (χ4n) is 1.77. The topological polar surface area (TPSA) is 81.1 Å². The molecular weight excluding hydrogens is 232 g/mol. The average Bonchev–Trinajstić information content (AvgIpc) is 2.93. The van der Waals surface area contributed by atoms with Gasteiger partial charge in [-0.05, 0) is 19.1 Å². The molecule has 3 aromatic heterocycles. The fourth-order valence-corrected chi connectivity index (χ4v) is 1.77. The molecule has 0 aliphatic heterocycles. The van der Waals surface area contributed by atoms with Gasteiger partial charge in [0.15, 0.2) is 11.5 Å². The molecule has 0 radical (unpaired) electrons. The second kappa shape index (κ2) is 3.88. The van der Waals surface area contributed by atoms with Gasteiger partial charge in [-0.15, -0.1) is 10.2 Å². The fraction of sp³-hybridized carbons (Fsp3) is 0.273. The van der Waals surface area contributed by atoms with Gasteiger partial charge in [0.25, 0.3) is 0 Å². The minimum absolute atomic E-state index is 0.427. The van der Waals surface area contributed by atoms with Crippen LogP contribution in [0.25, 0.3) is 16.9 Å². The van der Waals surface area contributed by atoms with Crippen molar-refractivity contribution in [3.63, 3.8) is 0 Å². The van der Waals surface area contributed by atoms with Crippen molar-refractivity contribution in [3.8, 4) is 11.3 Å². The summed E-state index contributed by atoms with van der Waals surface area (Å²) in [6.45, 7) is 1.63. The Hall–Kier alpha value is -2.28. The van der Waals surface area contributed by atoms with Gasteiger partial charge >= 0.3 is 0 Å². The highest BCUT2D eigenvalue weighted by Crippen LogP contribution is 2.17. The average molecular weight is 244 g/mol. The van der Waals surface area contributed by atoms with Crippen LogP contribution in [0.4, 0.5) is 0 Å². The Kier molecular flexibility index (Phi) is 2.34. The number of rotatable bonds is 2. The molecule has 1 atom stereocenters. The van der Waals surface area contributed by atoms with Gasteiger partial charge in [0.05, 0.1) is 11.9 Å². The minimum Gasteiger partial charge on any atom is -0.385 e. The van der Waals surface area contributed by atoms with Gasteiger partial charge in [0, 0.05) is 18.8 Å². The van der Waals surface area contributed by atoms with E-state index in [4.69, 9.17) is 0 Å². The minimum atomic E-state index is -0.711. The zero-order valence-electron chi connectivity index (χ0n) is 10.0. The Labute approximate surface area is 103 Å². The summed E-state index contributed by atoms with van der Waals surface area (Å²) in [6, 6.07) is 3.67. The van der Waals surface area contributed by atoms with Gasteiger partial charge in [0.1, 0.15) is 6.10 Å². The van der Waals surface area contributed by atoms with Crippen LogP contribution in [0.5, 0.6) is 0 Å². The van der Waals surface area contributed by atoms with Crippen LogP contribution in [-0.2, 0) is 7.05 Å². The molecule has 0 aromatic carbocycles. The Bertz CT molecular complexity index is 698. The highest BCUT2D eigenvalue weighted by atomic mass is 16.3. The van der Waals surface area contributed by atoms with E-state index in [9.17, 15) is 5.11 Å². The Morgan fingerprint density at radius 3 is 2.78 bits per heavy atom. The van der Waals surface area contributed by atoms with E-state index in [0.29, 0.717) is 11.5 Å². The zero-order chi connectivity index (χ0) is 12.7. The van der Waals surface area contributed by atoms with E-state index in [2.05, 4.69) is 20.4 Å². The maximum absolute atomic E-state index is 9.60. The Morgan fingerprint density at radius 2 is 2.11 bits per heavy atom. The maximum Gasteiger partial charge on any atom is 0.183 e. The summed E-state index contributed by atoms with van der Waals surface area (Å²) in [4.78, 5) is 0. The van der Waals surface area contributed by atoms with Gasteiger partial charge in [-0.3, -0.25) is 4.68 Å². The van der Waals surface area contributed by atoms with Crippen LogP contribution in [0.1, 0.15) is 18.9 Å².